The summed E-state index contributed by atoms with van der Waals surface area (Å²) < 4.78 is 14.7. The fourth-order valence-corrected chi connectivity index (χ4v) is 3.58. The average molecular weight is 392 g/mol. The van der Waals surface area contributed by atoms with Gasteiger partial charge in [-0.05, 0) is 30.7 Å². The van der Waals surface area contributed by atoms with E-state index in [9.17, 15) is 9.18 Å². The maximum absolute atomic E-state index is 14.1. The summed E-state index contributed by atoms with van der Waals surface area (Å²) in [6.45, 7) is 5.10. The molecule has 0 spiro atoms. The molecule has 2 aromatic rings. The van der Waals surface area contributed by atoms with E-state index in [1.807, 2.05) is 17.0 Å². The summed E-state index contributed by atoms with van der Waals surface area (Å²) in [7, 11) is 0. The zero-order chi connectivity index (χ0) is 17.3. The molecule has 2 aromatic carbocycles. The van der Waals surface area contributed by atoms with Crippen LogP contribution in [0.2, 0.25) is 0 Å². The van der Waals surface area contributed by atoms with Gasteiger partial charge in [0.25, 0.3) is 5.91 Å². The van der Waals surface area contributed by atoms with E-state index in [-0.39, 0.29) is 5.56 Å². The Kier molecular flexibility index (Phi) is 4.76. The number of carbonyl (C=O) groups excluding carboxylic acids is 1. The summed E-state index contributed by atoms with van der Waals surface area (Å²) in [4.78, 5) is 16.0. The van der Waals surface area contributed by atoms with E-state index in [0.717, 1.165) is 13.1 Å². The molecule has 126 valence electrons. The van der Waals surface area contributed by atoms with Crippen molar-refractivity contribution >= 4 is 33.2 Å². The molecule has 1 aliphatic heterocycles. The van der Waals surface area contributed by atoms with Crippen molar-refractivity contribution in [3.63, 3.8) is 0 Å². The van der Waals surface area contributed by atoms with Gasteiger partial charge in [0, 0.05) is 36.3 Å². The molecular formula is C18H19BrFN3O. The van der Waals surface area contributed by atoms with Gasteiger partial charge >= 0.3 is 0 Å². The summed E-state index contributed by atoms with van der Waals surface area (Å²) in [5, 5.41) is 0. The average Bonchev–Trinajstić information content (AvgIpc) is 2.54. The number of rotatable bonds is 3. The Hall–Kier alpha value is -2.08. The first-order valence-corrected chi connectivity index (χ1v) is 8.61. The first-order valence-electron chi connectivity index (χ1n) is 7.81. The second kappa shape index (κ2) is 6.81. The van der Waals surface area contributed by atoms with Crippen LogP contribution in [0.25, 0.3) is 0 Å². The molecule has 4 nitrogen and oxygen atoms in total. The van der Waals surface area contributed by atoms with Crippen LogP contribution in [0.4, 0.5) is 15.8 Å². The van der Waals surface area contributed by atoms with Crippen molar-refractivity contribution in [1.82, 2.24) is 0 Å². The van der Waals surface area contributed by atoms with E-state index in [0.29, 0.717) is 23.2 Å². The van der Waals surface area contributed by atoms with E-state index in [1.165, 1.54) is 17.3 Å². The first-order chi connectivity index (χ1) is 11.5. The Morgan fingerprint density at radius 1 is 1.08 bits per heavy atom. The second-order valence-corrected chi connectivity index (χ2v) is 6.82. The highest BCUT2D eigenvalue weighted by molar-refractivity contribution is 9.10. The van der Waals surface area contributed by atoms with Crippen molar-refractivity contribution in [2.24, 2.45) is 5.73 Å². The predicted octanol–water partition coefficient (Wildman–Crippen LogP) is 3.32. The highest BCUT2D eigenvalue weighted by Gasteiger charge is 2.24. The minimum absolute atomic E-state index is 0.0393. The van der Waals surface area contributed by atoms with Gasteiger partial charge in [-0.3, -0.25) is 4.79 Å². The zero-order valence-corrected chi connectivity index (χ0v) is 15.0. The molecule has 0 atom stereocenters. The second-order valence-electron chi connectivity index (χ2n) is 5.91. The van der Waals surface area contributed by atoms with Crippen LogP contribution >= 0.6 is 15.9 Å². The molecule has 1 amide bonds. The lowest BCUT2D eigenvalue weighted by Crippen LogP contribution is -2.47. The van der Waals surface area contributed by atoms with Gasteiger partial charge in [-0.2, -0.15) is 0 Å². The third-order valence-corrected chi connectivity index (χ3v) is 4.81. The molecule has 1 heterocycles. The van der Waals surface area contributed by atoms with Crippen LogP contribution in [0, 0.1) is 12.7 Å². The summed E-state index contributed by atoms with van der Waals surface area (Å²) in [6.07, 6.45) is 0. The van der Waals surface area contributed by atoms with Crippen LogP contribution < -0.4 is 15.5 Å². The maximum Gasteiger partial charge on any atom is 0.253 e. The van der Waals surface area contributed by atoms with Crippen molar-refractivity contribution in [2.75, 3.05) is 36.0 Å². The minimum Gasteiger partial charge on any atom is -0.368 e. The molecule has 1 aliphatic rings. The Bertz CT molecular complexity index is 773. The molecule has 2 N–H and O–H groups in total. The Labute approximate surface area is 149 Å². The molecule has 0 unspecified atom stereocenters. The SMILES string of the molecule is Cc1ccccc1N1CCN(c2cc(Br)cc(F)c2C(N)=O)CC1. The molecule has 6 heteroatoms. The van der Waals surface area contributed by atoms with Crippen molar-refractivity contribution in [3.05, 3.63) is 57.8 Å². The largest absolute Gasteiger partial charge is 0.368 e. The number of hydrogen-bond donors (Lipinski definition) is 1. The number of carbonyl (C=O) groups is 1. The van der Waals surface area contributed by atoms with Crippen LogP contribution in [-0.4, -0.2) is 32.1 Å². The monoisotopic (exact) mass is 391 g/mol. The van der Waals surface area contributed by atoms with E-state index >= 15 is 0 Å². The summed E-state index contributed by atoms with van der Waals surface area (Å²) in [6, 6.07) is 11.3. The van der Waals surface area contributed by atoms with Crippen molar-refractivity contribution < 1.29 is 9.18 Å². The zero-order valence-electron chi connectivity index (χ0n) is 13.4. The lowest BCUT2D eigenvalue weighted by molar-refractivity contribution is 0.0997. The summed E-state index contributed by atoms with van der Waals surface area (Å²) in [5.74, 6) is -1.33. The van der Waals surface area contributed by atoms with Gasteiger partial charge in [0.15, 0.2) is 0 Å². The van der Waals surface area contributed by atoms with Gasteiger partial charge in [-0.15, -0.1) is 0 Å². The molecule has 0 saturated carbocycles. The highest BCUT2D eigenvalue weighted by atomic mass is 79.9. The quantitative estimate of drug-likeness (QED) is 0.872. The fraction of sp³-hybridized carbons (Fsp3) is 0.278. The highest BCUT2D eigenvalue weighted by Crippen LogP contribution is 2.30. The molecule has 24 heavy (non-hydrogen) atoms. The van der Waals surface area contributed by atoms with Gasteiger partial charge in [0.2, 0.25) is 0 Å². The number of para-hydroxylation sites is 1. The molecule has 0 aromatic heterocycles. The third-order valence-electron chi connectivity index (χ3n) is 4.36. The van der Waals surface area contributed by atoms with Crippen molar-refractivity contribution in [1.29, 1.82) is 0 Å². The van der Waals surface area contributed by atoms with E-state index in [2.05, 4.69) is 39.9 Å². The lowest BCUT2D eigenvalue weighted by Gasteiger charge is -2.38. The standard InChI is InChI=1S/C18H19BrFN3O/c1-12-4-2-3-5-15(12)22-6-8-23(9-7-22)16-11-13(19)10-14(20)17(16)18(21)24/h2-5,10-11H,6-9H2,1H3,(H2,21,24). The number of piperazine rings is 1. The molecule has 3 rings (SSSR count). The Morgan fingerprint density at radius 3 is 2.25 bits per heavy atom. The predicted molar refractivity (Wildman–Crippen MR) is 98.2 cm³/mol. The number of halogens is 2. The molecule has 0 aliphatic carbocycles. The number of nitrogens with zero attached hydrogens (tertiary/aromatic N) is 2. The number of aryl methyl sites for hydroxylation is 1. The normalized spacial score (nSPS) is 14.8. The van der Waals surface area contributed by atoms with E-state index in [1.54, 1.807) is 6.07 Å². The lowest BCUT2D eigenvalue weighted by atomic mass is 10.1. The van der Waals surface area contributed by atoms with E-state index < -0.39 is 11.7 Å². The number of primary amides is 1. The van der Waals surface area contributed by atoms with Crippen LogP contribution in [0.5, 0.6) is 0 Å². The first kappa shape index (κ1) is 16.8. The summed E-state index contributed by atoms with van der Waals surface area (Å²) in [5.41, 5.74) is 8.34. The fourth-order valence-electron chi connectivity index (χ4n) is 3.16. The van der Waals surface area contributed by atoms with Crippen LogP contribution in [0.3, 0.4) is 0 Å². The molecule has 1 fully saturated rings. The van der Waals surface area contributed by atoms with Crippen LogP contribution in [-0.2, 0) is 0 Å². The molecule has 1 saturated heterocycles. The number of benzene rings is 2. The minimum atomic E-state index is -0.740. The Balaban J connectivity index is 1.83. The molecular weight excluding hydrogens is 373 g/mol. The van der Waals surface area contributed by atoms with Gasteiger partial charge in [-0.1, -0.05) is 34.1 Å². The van der Waals surface area contributed by atoms with Crippen LogP contribution in [0.1, 0.15) is 15.9 Å². The molecule has 0 radical (unpaired) electrons. The molecule has 0 bridgehead atoms. The topological polar surface area (TPSA) is 49.6 Å². The van der Waals surface area contributed by atoms with E-state index in [4.69, 9.17) is 5.73 Å². The van der Waals surface area contributed by atoms with Crippen LogP contribution in [0.15, 0.2) is 40.9 Å². The number of anilines is 2. The number of hydrogen-bond acceptors (Lipinski definition) is 3. The van der Waals surface area contributed by atoms with Crippen molar-refractivity contribution in [2.45, 2.75) is 6.92 Å². The van der Waals surface area contributed by atoms with Gasteiger partial charge < -0.3 is 15.5 Å². The van der Waals surface area contributed by atoms with Gasteiger partial charge in [0.05, 0.1) is 11.3 Å². The van der Waals surface area contributed by atoms with Crippen molar-refractivity contribution in [3.8, 4) is 0 Å². The third kappa shape index (κ3) is 3.24. The maximum atomic E-state index is 14.1. The smallest absolute Gasteiger partial charge is 0.253 e. The summed E-state index contributed by atoms with van der Waals surface area (Å²) >= 11 is 3.29. The van der Waals surface area contributed by atoms with Gasteiger partial charge in [-0.25, -0.2) is 4.39 Å². The Morgan fingerprint density at radius 2 is 1.67 bits per heavy atom. The van der Waals surface area contributed by atoms with Gasteiger partial charge in [0.1, 0.15) is 5.82 Å². The number of nitrogens with two attached hydrogens (primary N) is 1. The number of amides is 1.